The van der Waals surface area contributed by atoms with Crippen LogP contribution in [0.15, 0.2) is 24.3 Å². The van der Waals surface area contributed by atoms with Gasteiger partial charge in [-0.2, -0.15) is 4.57 Å². The molecule has 0 unspecified atom stereocenters. The van der Waals surface area contributed by atoms with E-state index in [1.54, 1.807) is 11.3 Å². The third kappa shape index (κ3) is 2.22. The standard InChI is InChI=1S/C12H13NO2S/c1-13-9-5-2-3-6-10(9)16-11(13)7-4-8-12(14)15/h2-3,5-6H,4,7-8H2,1H3. The Balaban J connectivity index is 2.18. The second-order valence-electron chi connectivity index (χ2n) is 3.75. The van der Waals surface area contributed by atoms with Crippen molar-refractivity contribution in [1.82, 2.24) is 0 Å². The van der Waals surface area contributed by atoms with Gasteiger partial charge in [-0.15, -0.1) is 0 Å². The normalized spacial score (nSPS) is 10.8. The molecule has 0 bridgehead atoms. The Bertz CT molecular complexity index is 519. The monoisotopic (exact) mass is 235 g/mol. The molecule has 0 radical (unpaired) electrons. The van der Waals surface area contributed by atoms with Crippen LogP contribution in [0, 0.1) is 0 Å². The van der Waals surface area contributed by atoms with Crippen molar-refractivity contribution in [3.63, 3.8) is 0 Å². The van der Waals surface area contributed by atoms with E-state index in [1.807, 2.05) is 19.2 Å². The Morgan fingerprint density at radius 3 is 2.88 bits per heavy atom. The number of carbonyl (C=O) groups excluding carboxylic acids is 1. The van der Waals surface area contributed by atoms with Gasteiger partial charge in [-0.05, 0) is 18.9 Å². The van der Waals surface area contributed by atoms with Gasteiger partial charge in [-0.3, -0.25) is 0 Å². The van der Waals surface area contributed by atoms with Gasteiger partial charge in [0.05, 0.1) is 0 Å². The summed E-state index contributed by atoms with van der Waals surface area (Å²) in [6.07, 6.45) is 1.57. The average Bonchev–Trinajstić information content (AvgIpc) is 2.56. The lowest BCUT2D eigenvalue weighted by molar-refractivity contribution is -0.648. The van der Waals surface area contributed by atoms with E-state index in [0.717, 1.165) is 6.42 Å². The maximum atomic E-state index is 10.3. The van der Waals surface area contributed by atoms with Crippen LogP contribution in [0.25, 0.3) is 10.2 Å². The molecule has 0 aliphatic heterocycles. The molecule has 0 amide bonds. The van der Waals surface area contributed by atoms with Gasteiger partial charge < -0.3 is 9.90 Å². The first-order chi connectivity index (χ1) is 7.68. The maximum Gasteiger partial charge on any atom is 0.238 e. The van der Waals surface area contributed by atoms with Crippen molar-refractivity contribution in [2.75, 3.05) is 0 Å². The molecule has 4 heteroatoms. The fraction of sp³-hybridized carbons (Fsp3) is 0.333. The van der Waals surface area contributed by atoms with Gasteiger partial charge >= 0.3 is 0 Å². The molecule has 1 aromatic heterocycles. The van der Waals surface area contributed by atoms with Crippen LogP contribution in [0.1, 0.15) is 17.8 Å². The number of carboxylic acid groups (broad SMARTS) is 1. The SMILES string of the molecule is C[n+]1c(CCCC(=O)[O-])sc2ccccc21. The molecule has 0 saturated carbocycles. The summed E-state index contributed by atoms with van der Waals surface area (Å²) < 4.78 is 3.38. The van der Waals surface area contributed by atoms with Crippen molar-refractivity contribution in [3.05, 3.63) is 29.3 Å². The Labute approximate surface area is 98.0 Å². The van der Waals surface area contributed by atoms with E-state index in [-0.39, 0.29) is 6.42 Å². The number of fused-ring (bicyclic) bond motifs is 1. The number of nitrogens with zero attached hydrogens (tertiary/aromatic N) is 1. The number of aliphatic carboxylic acids is 1. The molecule has 0 spiro atoms. The van der Waals surface area contributed by atoms with Gasteiger partial charge in [0, 0.05) is 18.5 Å². The zero-order valence-electron chi connectivity index (χ0n) is 9.10. The maximum absolute atomic E-state index is 10.3. The van der Waals surface area contributed by atoms with Gasteiger partial charge in [0.2, 0.25) is 10.5 Å². The number of aromatic nitrogens is 1. The number of hydrogen-bond acceptors (Lipinski definition) is 3. The Morgan fingerprint density at radius 2 is 2.19 bits per heavy atom. The minimum absolute atomic E-state index is 0.133. The van der Waals surface area contributed by atoms with E-state index in [0.29, 0.717) is 6.42 Å². The summed E-state index contributed by atoms with van der Waals surface area (Å²) >= 11 is 1.73. The van der Waals surface area contributed by atoms with Gasteiger partial charge in [-0.25, -0.2) is 0 Å². The largest absolute Gasteiger partial charge is 0.550 e. The van der Waals surface area contributed by atoms with Crippen LogP contribution in [0.2, 0.25) is 0 Å². The van der Waals surface area contributed by atoms with E-state index in [4.69, 9.17) is 0 Å². The van der Waals surface area contributed by atoms with Crippen LogP contribution in [0.5, 0.6) is 0 Å². The minimum atomic E-state index is -0.969. The lowest BCUT2D eigenvalue weighted by atomic mass is 10.2. The summed E-state index contributed by atoms with van der Waals surface area (Å²) in [7, 11) is 2.02. The number of carbonyl (C=O) groups is 1. The van der Waals surface area contributed by atoms with Crippen molar-refractivity contribution >= 4 is 27.5 Å². The summed E-state index contributed by atoms with van der Waals surface area (Å²) in [5, 5.41) is 11.5. The molecule has 3 nitrogen and oxygen atoms in total. The molecule has 84 valence electrons. The quantitative estimate of drug-likeness (QED) is 0.736. The summed E-state index contributed by atoms with van der Waals surface area (Å²) in [5.41, 5.74) is 1.20. The highest BCUT2D eigenvalue weighted by Gasteiger charge is 2.15. The highest BCUT2D eigenvalue weighted by Crippen LogP contribution is 2.20. The molecule has 0 aliphatic rings. The van der Waals surface area contributed by atoms with Crippen molar-refractivity contribution in [3.8, 4) is 0 Å². The van der Waals surface area contributed by atoms with Crippen molar-refractivity contribution in [2.24, 2.45) is 7.05 Å². The summed E-state index contributed by atoms with van der Waals surface area (Å²) in [5.74, 6) is -0.969. The van der Waals surface area contributed by atoms with E-state index in [1.165, 1.54) is 15.2 Å². The number of benzene rings is 1. The average molecular weight is 235 g/mol. The number of para-hydroxylation sites is 1. The van der Waals surface area contributed by atoms with Gasteiger partial charge in [-0.1, -0.05) is 23.5 Å². The number of carboxylic acids is 1. The molecule has 2 aromatic rings. The number of aryl methyl sites for hydroxylation is 2. The third-order valence-electron chi connectivity index (χ3n) is 2.60. The van der Waals surface area contributed by atoms with Crippen LogP contribution >= 0.6 is 11.3 Å². The van der Waals surface area contributed by atoms with Crippen LogP contribution in [0.4, 0.5) is 0 Å². The van der Waals surface area contributed by atoms with E-state index in [9.17, 15) is 9.90 Å². The van der Waals surface area contributed by atoms with E-state index >= 15 is 0 Å². The summed E-state index contributed by atoms with van der Waals surface area (Å²) in [4.78, 5) is 10.3. The van der Waals surface area contributed by atoms with Crippen LogP contribution in [-0.4, -0.2) is 5.97 Å². The van der Waals surface area contributed by atoms with Gasteiger partial charge in [0.25, 0.3) is 0 Å². The molecule has 0 atom stereocenters. The molecule has 2 rings (SSSR count). The van der Waals surface area contributed by atoms with E-state index in [2.05, 4.69) is 16.7 Å². The highest BCUT2D eigenvalue weighted by molar-refractivity contribution is 7.18. The van der Waals surface area contributed by atoms with Crippen LogP contribution < -0.4 is 9.67 Å². The first kappa shape index (κ1) is 11.1. The fourth-order valence-electron chi connectivity index (χ4n) is 1.75. The van der Waals surface area contributed by atoms with E-state index < -0.39 is 5.97 Å². The second-order valence-corrected chi connectivity index (χ2v) is 4.86. The molecule has 0 N–H and O–H groups in total. The van der Waals surface area contributed by atoms with Crippen molar-refractivity contribution in [2.45, 2.75) is 19.3 Å². The Kier molecular flexibility index (Phi) is 3.19. The first-order valence-corrected chi connectivity index (χ1v) is 6.06. The highest BCUT2D eigenvalue weighted by atomic mass is 32.1. The molecule has 1 heterocycles. The summed E-state index contributed by atoms with van der Waals surface area (Å²) in [6.45, 7) is 0. The van der Waals surface area contributed by atoms with Crippen molar-refractivity contribution in [1.29, 1.82) is 0 Å². The zero-order chi connectivity index (χ0) is 11.5. The van der Waals surface area contributed by atoms with Gasteiger partial charge in [0.15, 0.2) is 0 Å². The van der Waals surface area contributed by atoms with Gasteiger partial charge in [0.1, 0.15) is 11.7 Å². The van der Waals surface area contributed by atoms with Crippen LogP contribution in [-0.2, 0) is 18.3 Å². The predicted octanol–water partition coefficient (Wildman–Crippen LogP) is 0.798. The number of hydrogen-bond donors (Lipinski definition) is 0. The summed E-state index contributed by atoms with van der Waals surface area (Å²) in [6, 6.07) is 8.19. The van der Waals surface area contributed by atoms with Crippen LogP contribution in [0.3, 0.4) is 0 Å². The first-order valence-electron chi connectivity index (χ1n) is 5.25. The predicted molar refractivity (Wildman–Crippen MR) is 60.9 cm³/mol. The minimum Gasteiger partial charge on any atom is -0.550 e. The lowest BCUT2D eigenvalue weighted by Crippen LogP contribution is -2.31. The molecular weight excluding hydrogens is 222 g/mol. The lowest BCUT2D eigenvalue weighted by Gasteiger charge is -1.98. The Morgan fingerprint density at radius 1 is 1.44 bits per heavy atom. The molecular formula is C12H13NO2S. The molecule has 1 aromatic carbocycles. The smallest absolute Gasteiger partial charge is 0.238 e. The Hall–Kier alpha value is -1.42. The zero-order valence-corrected chi connectivity index (χ0v) is 9.92. The molecule has 0 fully saturated rings. The number of rotatable bonds is 4. The molecule has 16 heavy (non-hydrogen) atoms. The fourth-order valence-corrected chi connectivity index (χ4v) is 2.94. The molecule has 0 saturated heterocycles. The third-order valence-corrected chi connectivity index (χ3v) is 3.88. The van der Waals surface area contributed by atoms with Crippen molar-refractivity contribution < 1.29 is 14.5 Å². The number of thiazole rings is 1. The second kappa shape index (κ2) is 4.61. The molecule has 0 aliphatic carbocycles. The topological polar surface area (TPSA) is 44.0 Å².